The average molecular weight is 479 g/mol. The molecule has 0 fully saturated rings. The average Bonchev–Trinajstić information content (AvgIpc) is 2.69. The number of amides is 2. The number of aliphatic hydroxyl groups is 1. The fourth-order valence-electron chi connectivity index (χ4n) is 3.70. The molecule has 0 aromatic heterocycles. The van der Waals surface area contributed by atoms with Crippen LogP contribution in [0.25, 0.3) is 0 Å². The van der Waals surface area contributed by atoms with E-state index < -0.39 is 23.4 Å². The summed E-state index contributed by atoms with van der Waals surface area (Å²) in [5.74, 6) is 0.370. The number of ether oxygens (including phenoxy) is 2. The molecule has 0 bridgehead atoms. The Labute approximate surface area is 206 Å². The third kappa shape index (κ3) is 11.7. The summed E-state index contributed by atoms with van der Waals surface area (Å²) in [6.07, 6.45) is 2.80. The summed E-state index contributed by atoms with van der Waals surface area (Å²) in [4.78, 5) is 26.7. The first-order chi connectivity index (χ1) is 15.8. The number of hydrogen-bond donors (Lipinski definition) is 2. The fraction of sp³-hybridized carbons (Fsp3) is 0.704. The Balaban J connectivity index is 2.99. The molecule has 7 nitrogen and oxygen atoms in total. The number of rotatable bonds is 11. The minimum absolute atomic E-state index is 0.269. The lowest BCUT2D eigenvalue weighted by atomic mass is 9.97. The van der Waals surface area contributed by atoms with Gasteiger partial charge in [0, 0.05) is 18.8 Å². The van der Waals surface area contributed by atoms with E-state index in [1.54, 1.807) is 25.7 Å². The molecule has 34 heavy (non-hydrogen) atoms. The van der Waals surface area contributed by atoms with E-state index in [-0.39, 0.29) is 12.6 Å². The van der Waals surface area contributed by atoms with Gasteiger partial charge in [-0.15, -0.1) is 0 Å². The van der Waals surface area contributed by atoms with Gasteiger partial charge in [0.1, 0.15) is 11.2 Å². The van der Waals surface area contributed by atoms with Crippen LogP contribution in [0, 0.1) is 5.92 Å². The minimum Gasteiger partial charge on any atom is -0.444 e. The van der Waals surface area contributed by atoms with Crippen molar-refractivity contribution in [3.05, 3.63) is 29.8 Å². The van der Waals surface area contributed by atoms with Gasteiger partial charge in [-0.3, -0.25) is 4.90 Å². The van der Waals surface area contributed by atoms with Gasteiger partial charge in [0.2, 0.25) is 0 Å². The number of benzene rings is 1. The predicted octanol–water partition coefficient (Wildman–Crippen LogP) is 6.59. The van der Waals surface area contributed by atoms with Crippen molar-refractivity contribution in [1.82, 2.24) is 5.32 Å². The molecule has 0 saturated carbocycles. The van der Waals surface area contributed by atoms with Crippen LogP contribution in [0.1, 0.15) is 99.2 Å². The summed E-state index contributed by atoms with van der Waals surface area (Å²) in [6, 6.07) is 7.36. The highest BCUT2D eigenvalue weighted by Crippen LogP contribution is 2.27. The summed E-state index contributed by atoms with van der Waals surface area (Å²) in [6.45, 7) is 16.1. The van der Waals surface area contributed by atoms with Crippen LogP contribution in [0.4, 0.5) is 15.3 Å². The van der Waals surface area contributed by atoms with Crippen molar-refractivity contribution < 1.29 is 24.2 Å². The summed E-state index contributed by atoms with van der Waals surface area (Å²) < 4.78 is 10.9. The molecule has 0 aliphatic rings. The second kappa shape index (κ2) is 13.6. The number of anilines is 1. The van der Waals surface area contributed by atoms with Crippen molar-refractivity contribution in [2.24, 2.45) is 5.92 Å². The molecule has 1 aromatic carbocycles. The van der Waals surface area contributed by atoms with Crippen LogP contribution in [-0.4, -0.2) is 41.6 Å². The third-order valence-corrected chi connectivity index (χ3v) is 5.10. The van der Waals surface area contributed by atoms with E-state index in [4.69, 9.17) is 9.47 Å². The number of aliphatic hydroxyl groups excluding tert-OH is 1. The van der Waals surface area contributed by atoms with Gasteiger partial charge in [-0.25, -0.2) is 9.59 Å². The van der Waals surface area contributed by atoms with Crippen LogP contribution >= 0.6 is 0 Å². The van der Waals surface area contributed by atoms with E-state index in [2.05, 4.69) is 19.2 Å². The number of carbonyl (C=O) groups is 2. The Hall–Kier alpha value is -2.28. The molecular formula is C27H46N2O5. The molecule has 0 heterocycles. The van der Waals surface area contributed by atoms with E-state index in [9.17, 15) is 14.7 Å². The van der Waals surface area contributed by atoms with Crippen molar-refractivity contribution >= 4 is 17.9 Å². The molecular weight excluding hydrogens is 432 g/mol. The Morgan fingerprint density at radius 2 is 1.56 bits per heavy atom. The molecule has 0 aliphatic carbocycles. The van der Waals surface area contributed by atoms with Crippen LogP contribution < -0.4 is 10.2 Å². The smallest absolute Gasteiger partial charge is 0.414 e. The summed E-state index contributed by atoms with van der Waals surface area (Å²) in [5, 5.41) is 13.4. The zero-order chi connectivity index (χ0) is 25.9. The highest BCUT2D eigenvalue weighted by molar-refractivity contribution is 5.88. The van der Waals surface area contributed by atoms with Crippen molar-refractivity contribution in [3.8, 4) is 0 Å². The van der Waals surface area contributed by atoms with Gasteiger partial charge < -0.3 is 19.9 Å². The van der Waals surface area contributed by atoms with Crippen molar-refractivity contribution in [3.63, 3.8) is 0 Å². The van der Waals surface area contributed by atoms with Crippen molar-refractivity contribution in [2.45, 2.75) is 105 Å². The fourth-order valence-corrected chi connectivity index (χ4v) is 3.70. The van der Waals surface area contributed by atoms with Crippen LogP contribution in [0.5, 0.6) is 0 Å². The number of alkyl carbamates (subject to hydrolysis) is 1. The van der Waals surface area contributed by atoms with Gasteiger partial charge in [0.25, 0.3) is 0 Å². The second-order valence-electron chi connectivity index (χ2n) is 10.9. The number of carbonyl (C=O) groups excluding carboxylic acids is 2. The van der Waals surface area contributed by atoms with Gasteiger partial charge in [0.15, 0.2) is 0 Å². The van der Waals surface area contributed by atoms with Gasteiger partial charge >= 0.3 is 12.2 Å². The highest BCUT2D eigenvalue weighted by Gasteiger charge is 2.26. The molecule has 2 amide bonds. The first kappa shape index (κ1) is 29.8. The number of nitrogens with zero attached hydrogens (tertiary/aromatic N) is 1. The first-order valence-corrected chi connectivity index (χ1v) is 12.5. The Morgan fingerprint density at radius 1 is 0.971 bits per heavy atom. The largest absolute Gasteiger partial charge is 0.444 e. The monoisotopic (exact) mass is 478 g/mol. The van der Waals surface area contributed by atoms with Gasteiger partial charge in [-0.2, -0.15) is 0 Å². The summed E-state index contributed by atoms with van der Waals surface area (Å²) >= 11 is 0. The van der Waals surface area contributed by atoms with Gasteiger partial charge in [-0.1, -0.05) is 38.8 Å². The summed E-state index contributed by atoms with van der Waals surface area (Å²) in [7, 11) is 0. The van der Waals surface area contributed by atoms with Crippen LogP contribution in [0.3, 0.4) is 0 Å². The first-order valence-electron chi connectivity index (χ1n) is 12.5. The van der Waals surface area contributed by atoms with E-state index in [1.807, 2.05) is 45.0 Å². The third-order valence-electron chi connectivity index (χ3n) is 5.10. The van der Waals surface area contributed by atoms with Gasteiger partial charge in [0.05, 0.1) is 6.10 Å². The lowest BCUT2D eigenvalue weighted by Gasteiger charge is -2.31. The quantitative estimate of drug-likeness (QED) is 0.374. The number of hydrogen-bond acceptors (Lipinski definition) is 5. The zero-order valence-electron chi connectivity index (χ0n) is 22.4. The normalized spacial score (nSPS) is 12.9. The maximum absolute atomic E-state index is 13.1. The molecule has 0 aliphatic heterocycles. The van der Waals surface area contributed by atoms with Gasteiger partial charge in [-0.05, 0) is 84.4 Å². The highest BCUT2D eigenvalue weighted by atomic mass is 16.6. The molecule has 1 atom stereocenters. The molecule has 0 saturated heterocycles. The van der Waals surface area contributed by atoms with Crippen LogP contribution in [-0.2, 0) is 9.47 Å². The number of nitrogens with one attached hydrogen (secondary N) is 1. The standard InChI is InChI=1S/C27H46N2O5/c1-9-12-20(13-10-2)19-29(25(32)34-27(6,7)8)22-15-11-14-21(18-22)23(30)16-17-28-24(31)33-26(3,4)5/h11,14-15,18,20,23,30H,9-10,12-13,16-17,19H2,1-8H3,(H,28,31). The van der Waals surface area contributed by atoms with Crippen molar-refractivity contribution in [1.29, 1.82) is 0 Å². The second-order valence-corrected chi connectivity index (χ2v) is 10.9. The molecule has 0 spiro atoms. The maximum atomic E-state index is 13.1. The Morgan fingerprint density at radius 3 is 2.09 bits per heavy atom. The molecule has 0 radical (unpaired) electrons. The zero-order valence-corrected chi connectivity index (χ0v) is 22.4. The SMILES string of the molecule is CCCC(CCC)CN(C(=O)OC(C)(C)C)c1cccc(C(O)CCNC(=O)OC(C)(C)C)c1. The Bertz CT molecular complexity index is 761. The van der Waals surface area contributed by atoms with Crippen molar-refractivity contribution in [2.75, 3.05) is 18.0 Å². The summed E-state index contributed by atoms with van der Waals surface area (Å²) in [5.41, 5.74) is 0.197. The lowest BCUT2D eigenvalue weighted by molar-refractivity contribution is 0.0515. The van der Waals surface area contributed by atoms with E-state index >= 15 is 0 Å². The van der Waals surface area contributed by atoms with E-state index in [0.717, 1.165) is 25.7 Å². The molecule has 194 valence electrons. The Kier molecular flexibility index (Phi) is 11.9. The van der Waals surface area contributed by atoms with E-state index in [0.29, 0.717) is 30.1 Å². The van der Waals surface area contributed by atoms with Crippen LogP contribution in [0.15, 0.2) is 24.3 Å². The predicted molar refractivity (Wildman–Crippen MR) is 137 cm³/mol. The maximum Gasteiger partial charge on any atom is 0.414 e. The molecule has 1 aromatic rings. The lowest BCUT2D eigenvalue weighted by Crippen LogP contribution is -2.40. The molecule has 1 rings (SSSR count). The van der Waals surface area contributed by atoms with E-state index in [1.165, 1.54) is 0 Å². The topological polar surface area (TPSA) is 88.1 Å². The molecule has 2 N–H and O–H groups in total. The minimum atomic E-state index is -0.794. The molecule has 1 unspecified atom stereocenters. The van der Waals surface area contributed by atoms with Crippen LogP contribution in [0.2, 0.25) is 0 Å². The molecule has 7 heteroatoms.